The maximum absolute atomic E-state index is 13.2. The topological polar surface area (TPSA) is 185 Å². The molecule has 1 saturated heterocycles. The number of amides is 1. The zero-order valence-electron chi connectivity index (χ0n) is 21.3. The lowest BCUT2D eigenvalue weighted by Crippen LogP contribution is -2.41. The van der Waals surface area contributed by atoms with Gasteiger partial charge in [-0.25, -0.2) is 13.9 Å². The van der Waals surface area contributed by atoms with E-state index < -0.39 is 47.6 Å². The minimum Gasteiger partial charge on any atom is -0.463 e. The van der Waals surface area contributed by atoms with Crippen LogP contribution in [0.25, 0.3) is 5.52 Å². The standard InChI is InChI=1S/C26H29FN6O6/c1-14(2)9-21(34)38-11-19-22(35)23(36)26(12-28,39-19)20-8-7-18-24(30-13-31-33(18)20)32-25(37)17(29)10-15-3-5-16(27)6-4-15/h3-8,13-14,17,19,22-23,35-36H,9-11,29H2,1-2H3,(H,30,31,32,37)/t17-,19+,22+,23+,26-/m0/s1. The number of nitrogens with zero attached hydrogens (tertiary/aromatic N) is 4. The van der Waals surface area contributed by atoms with Gasteiger partial charge in [-0.05, 0) is 42.2 Å². The van der Waals surface area contributed by atoms with Crippen LogP contribution in [0.1, 0.15) is 31.5 Å². The maximum Gasteiger partial charge on any atom is 0.306 e. The fourth-order valence-electron chi connectivity index (χ4n) is 4.37. The largest absolute Gasteiger partial charge is 0.463 e. The number of benzene rings is 1. The van der Waals surface area contributed by atoms with Crippen LogP contribution in [0.4, 0.5) is 10.2 Å². The van der Waals surface area contributed by atoms with Gasteiger partial charge in [0.15, 0.2) is 5.82 Å². The Morgan fingerprint density at radius 1 is 1.28 bits per heavy atom. The molecule has 0 unspecified atom stereocenters. The van der Waals surface area contributed by atoms with Gasteiger partial charge in [-0.2, -0.15) is 10.4 Å². The predicted octanol–water partition coefficient (Wildman–Crippen LogP) is 0.806. The Balaban J connectivity index is 1.54. The number of hydrogen-bond donors (Lipinski definition) is 4. The number of aliphatic hydroxyl groups excluding tert-OH is 2. The van der Waals surface area contributed by atoms with E-state index in [4.69, 9.17) is 15.2 Å². The summed E-state index contributed by atoms with van der Waals surface area (Å²) in [5.41, 5.74) is 4.98. The summed E-state index contributed by atoms with van der Waals surface area (Å²) in [6, 6.07) is 9.53. The Kier molecular flexibility index (Phi) is 8.22. The second-order valence-electron chi connectivity index (χ2n) is 9.77. The molecule has 1 aromatic carbocycles. The third-order valence-corrected chi connectivity index (χ3v) is 6.39. The molecule has 0 radical (unpaired) electrons. The molecule has 39 heavy (non-hydrogen) atoms. The highest BCUT2D eigenvalue weighted by atomic mass is 19.1. The number of rotatable bonds is 9. The SMILES string of the molecule is CC(C)CC(=O)OC[C@H]1O[C@@](C#N)(c2ccc3c(NC(=O)[C@@H](N)Cc4ccc(F)cc4)ncnn23)[C@H](O)[C@@H]1O. The summed E-state index contributed by atoms with van der Waals surface area (Å²) in [7, 11) is 0. The minimum atomic E-state index is -2.06. The Morgan fingerprint density at radius 3 is 2.67 bits per heavy atom. The van der Waals surface area contributed by atoms with Gasteiger partial charge < -0.3 is 30.7 Å². The lowest BCUT2D eigenvalue weighted by atomic mass is 9.92. The number of halogens is 1. The summed E-state index contributed by atoms with van der Waals surface area (Å²) in [6.45, 7) is 3.34. The summed E-state index contributed by atoms with van der Waals surface area (Å²) in [5.74, 6) is -1.32. The molecule has 0 aliphatic carbocycles. The number of nitrogens with one attached hydrogen (secondary N) is 1. The third-order valence-electron chi connectivity index (χ3n) is 6.39. The van der Waals surface area contributed by atoms with Gasteiger partial charge in [0.25, 0.3) is 0 Å². The molecule has 1 amide bonds. The van der Waals surface area contributed by atoms with Gasteiger partial charge >= 0.3 is 5.97 Å². The average molecular weight is 541 g/mol. The van der Waals surface area contributed by atoms with Crippen LogP contribution in [0.3, 0.4) is 0 Å². The van der Waals surface area contributed by atoms with E-state index in [1.165, 1.54) is 40.9 Å². The van der Waals surface area contributed by atoms with Crippen molar-refractivity contribution >= 4 is 23.2 Å². The van der Waals surface area contributed by atoms with Crippen molar-refractivity contribution in [3.05, 3.63) is 59.8 Å². The van der Waals surface area contributed by atoms with Crippen LogP contribution >= 0.6 is 0 Å². The van der Waals surface area contributed by atoms with Crippen molar-refractivity contribution in [3.8, 4) is 6.07 Å². The van der Waals surface area contributed by atoms with E-state index in [1.807, 2.05) is 19.9 Å². The molecule has 1 aliphatic heterocycles. The monoisotopic (exact) mass is 540 g/mol. The first-order valence-electron chi connectivity index (χ1n) is 12.3. The van der Waals surface area contributed by atoms with Crippen molar-refractivity contribution in [2.24, 2.45) is 11.7 Å². The molecule has 1 fully saturated rings. The van der Waals surface area contributed by atoms with Crippen molar-refractivity contribution in [2.45, 2.75) is 56.6 Å². The number of hydrogen-bond acceptors (Lipinski definition) is 10. The maximum atomic E-state index is 13.2. The fraction of sp³-hybridized carbons (Fsp3) is 0.423. The summed E-state index contributed by atoms with van der Waals surface area (Å²) < 4.78 is 25.4. The fourth-order valence-corrected chi connectivity index (χ4v) is 4.37. The number of carbonyl (C=O) groups is 2. The Hall–Kier alpha value is -3.96. The molecule has 3 aromatic rings. The average Bonchev–Trinajstić information content (AvgIpc) is 3.44. The first-order valence-corrected chi connectivity index (χ1v) is 12.3. The molecule has 4 rings (SSSR count). The summed E-state index contributed by atoms with van der Waals surface area (Å²) >= 11 is 0. The minimum absolute atomic E-state index is 0.0645. The van der Waals surface area contributed by atoms with Crippen LogP contribution < -0.4 is 11.1 Å². The lowest BCUT2D eigenvalue weighted by Gasteiger charge is -2.24. The van der Waals surface area contributed by atoms with Crippen LogP contribution in [0.2, 0.25) is 0 Å². The summed E-state index contributed by atoms with van der Waals surface area (Å²) in [6.07, 6.45) is -2.97. The molecule has 5 N–H and O–H groups in total. The van der Waals surface area contributed by atoms with E-state index >= 15 is 0 Å². The highest BCUT2D eigenvalue weighted by Gasteiger charge is 2.57. The molecular weight excluding hydrogens is 511 g/mol. The Labute approximate surface area is 223 Å². The molecule has 5 atom stereocenters. The third kappa shape index (κ3) is 5.74. The number of aliphatic hydroxyl groups is 2. The molecule has 12 nitrogen and oxygen atoms in total. The molecule has 1 aliphatic rings. The van der Waals surface area contributed by atoms with Crippen molar-refractivity contribution < 1.29 is 33.7 Å². The molecule has 0 bridgehead atoms. The number of anilines is 1. The summed E-state index contributed by atoms with van der Waals surface area (Å²) in [5, 5.41) is 38.3. The van der Waals surface area contributed by atoms with Crippen molar-refractivity contribution in [1.29, 1.82) is 5.26 Å². The number of fused-ring (bicyclic) bond motifs is 1. The van der Waals surface area contributed by atoms with Gasteiger partial charge in [0.1, 0.15) is 48.6 Å². The molecule has 206 valence electrons. The quantitative estimate of drug-likeness (QED) is 0.283. The number of ether oxygens (including phenoxy) is 2. The number of aromatic nitrogens is 3. The van der Waals surface area contributed by atoms with E-state index in [2.05, 4.69) is 15.4 Å². The van der Waals surface area contributed by atoms with Crippen LogP contribution in [0.15, 0.2) is 42.7 Å². The van der Waals surface area contributed by atoms with Gasteiger partial charge in [0.05, 0.1) is 11.7 Å². The van der Waals surface area contributed by atoms with Gasteiger partial charge in [-0.15, -0.1) is 0 Å². The molecule has 0 saturated carbocycles. The number of esters is 1. The van der Waals surface area contributed by atoms with Gasteiger partial charge in [-0.1, -0.05) is 26.0 Å². The normalized spacial score (nSPS) is 23.5. The van der Waals surface area contributed by atoms with E-state index in [0.29, 0.717) is 5.56 Å². The summed E-state index contributed by atoms with van der Waals surface area (Å²) in [4.78, 5) is 28.8. The van der Waals surface area contributed by atoms with E-state index in [-0.39, 0.29) is 42.4 Å². The molecule has 3 heterocycles. The van der Waals surface area contributed by atoms with Gasteiger partial charge in [0.2, 0.25) is 11.5 Å². The van der Waals surface area contributed by atoms with Crippen LogP contribution in [0.5, 0.6) is 0 Å². The second kappa shape index (κ2) is 11.4. The van der Waals surface area contributed by atoms with E-state index in [0.717, 1.165) is 6.33 Å². The van der Waals surface area contributed by atoms with Crippen molar-refractivity contribution in [3.63, 3.8) is 0 Å². The molecule has 0 spiro atoms. The van der Waals surface area contributed by atoms with Crippen molar-refractivity contribution in [2.75, 3.05) is 11.9 Å². The number of nitriles is 1. The lowest BCUT2D eigenvalue weighted by molar-refractivity contribution is -0.151. The van der Waals surface area contributed by atoms with Crippen molar-refractivity contribution in [1.82, 2.24) is 14.6 Å². The Morgan fingerprint density at radius 2 is 2.00 bits per heavy atom. The highest BCUT2D eigenvalue weighted by molar-refractivity contribution is 5.97. The van der Waals surface area contributed by atoms with Crippen LogP contribution in [0, 0.1) is 23.1 Å². The second-order valence-corrected chi connectivity index (χ2v) is 9.77. The van der Waals surface area contributed by atoms with Gasteiger partial charge in [-0.3, -0.25) is 9.59 Å². The van der Waals surface area contributed by atoms with E-state index in [1.54, 1.807) is 0 Å². The van der Waals surface area contributed by atoms with Gasteiger partial charge in [0, 0.05) is 6.42 Å². The highest BCUT2D eigenvalue weighted by Crippen LogP contribution is 2.40. The van der Waals surface area contributed by atoms with Crippen LogP contribution in [-0.4, -0.2) is 67.6 Å². The first-order chi connectivity index (χ1) is 18.6. The first kappa shape index (κ1) is 28.1. The number of nitrogens with two attached hydrogens (primary N) is 1. The van der Waals surface area contributed by atoms with Crippen LogP contribution in [-0.2, 0) is 31.1 Å². The Bertz CT molecular complexity index is 1390. The van der Waals surface area contributed by atoms with E-state index in [9.17, 15) is 29.5 Å². The zero-order chi connectivity index (χ0) is 28.3. The predicted molar refractivity (Wildman–Crippen MR) is 134 cm³/mol. The zero-order valence-corrected chi connectivity index (χ0v) is 21.3. The molecular formula is C26H29FN6O6. The molecule has 2 aromatic heterocycles. The molecule has 13 heteroatoms. The number of carbonyl (C=O) groups excluding carboxylic acids is 2. The smallest absolute Gasteiger partial charge is 0.306 e.